The molecule has 0 spiro atoms. The first kappa shape index (κ1) is 19.9. The number of nitrogens with one attached hydrogen (secondary N) is 1. The molecule has 152 valence electrons. The van der Waals surface area contributed by atoms with E-state index in [0.717, 1.165) is 12.3 Å². The Hall–Kier alpha value is -3.37. The highest BCUT2D eigenvalue weighted by molar-refractivity contribution is 7.90. The van der Waals surface area contributed by atoms with E-state index in [1.165, 1.54) is 30.9 Å². The lowest BCUT2D eigenvalue weighted by molar-refractivity contribution is 0.428. The standard InChI is InChI=1S/C19H13ClFN5O3S/c1-30(27,28)15-4-2-3-13(21)18(15)29-11-5-6-14-12(7-11)19(25-10-24-14)26-17-9-22-16(20)8-23-17/h2-10H,1H3,(H,23,24,25,26). The molecule has 0 fully saturated rings. The van der Waals surface area contributed by atoms with Crippen LogP contribution >= 0.6 is 11.6 Å². The van der Waals surface area contributed by atoms with E-state index in [0.29, 0.717) is 22.5 Å². The number of hydrogen-bond acceptors (Lipinski definition) is 8. The maximum atomic E-state index is 14.3. The zero-order valence-electron chi connectivity index (χ0n) is 15.4. The monoisotopic (exact) mass is 445 g/mol. The third-order valence-electron chi connectivity index (χ3n) is 4.02. The van der Waals surface area contributed by atoms with Crippen LogP contribution in [0.1, 0.15) is 0 Å². The van der Waals surface area contributed by atoms with Crippen molar-refractivity contribution in [1.29, 1.82) is 0 Å². The Morgan fingerprint density at radius 3 is 2.63 bits per heavy atom. The molecule has 0 amide bonds. The number of para-hydroxylation sites is 1. The van der Waals surface area contributed by atoms with Gasteiger partial charge in [0, 0.05) is 11.6 Å². The second kappa shape index (κ2) is 7.81. The van der Waals surface area contributed by atoms with Crippen molar-refractivity contribution in [3.8, 4) is 11.5 Å². The molecule has 8 nitrogen and oxygen atoms in total. The van der Waals surface area contributed by atoms with Gasteiger partial charge in [-0.25, -0.2) is 32.7 Å². The van der Waals surface area contributed by atoms with Crippen LogP contribution in [0.15, 0.2) is 60.0 Å². The van der Waals surface area contributed by atoms with Crippen molar-refractivity contribution >= 4 is 44.0 Å². The summed E-state index contributed by atoms with van der Waals surface area (Å²) in [6, 6.07) is 8.48. The molecule has 0 aliphatic carbocycles. The van der Waals surface area contributed by atoms with Gasteiger partial charge in [-0.05, 0) is 30.3 Å². The molecule has 2 aromatic heterocycles. The number of halogens is 2. The largest absolute Gasteiger partial charge is 0.453 e. The van der Waals surface area contributed by atoms with E-state index >= 15 is 0 Å². The normalized spacial score (nSPS) is 11.4. The van der Waals surface area contributed by atoms with Crippen LogP contribution in [0.4, 0.5) is 16.0 Å². The number of aromatic nitrogens is 4. The van der Waals surface area contributed by atoms with Gasteiger partial charge >= 0.3 is 0 Å². The lowest BCUT2D eigenvalue weighted by atomic mass is 10.2. The number of nitrogens with zero attached hydrogens (tertiary/aromatic N) is 4. The smallest absolute Gasteiger partial charge is 0.181 e. The Kier molecular flexibility index (Phi) is 5.18. The second-order valence-electron chi connectivity index (χ2n) is 6.19. The topological polar surface area (TPSA) is 107 Å². The lowest BCUT2D eigenvalue weighted by Crippen LogP contribution is -2.02. The zero-order chi connectivity index (χ0) is 21.3. The highest BCUT2D eigenvalue weighted by Crippen LogP contribution is 2.34. The summed E-state index contributed by atoms with van der Waals surface area (Å²) in [7, 11) is -3.70. The molecule has 0 atom stereocenters. The fraction of sp³-hybridized carbons (Fsp3) is 0.0526. The quantitative estimate of drug-likeness (QED) is 0.488. The van der Waals surface area contributed by atoms with Gasteiger partial charge in [0.2, 0.25) is 0 Å². The third kappa shape index (κ3) is 4.14. The highest BCUT2D eigenvalue weighted by atomic mass is 35.5. The molecule has 30 heavy (non-hydrogen) atoms. The number of anilines is 2. The van der Waals surface area contributed by atoms with E-state index in [2.05, 4.69) is 25.3 Å². The first-order valence-electron chi connectivity index (χ1n) is 8.47. The van der Waals surface area contributed by atoms with Crippen LogP contribution in [0, 0.1) is 5.82 Å². The summed E-state index contributed by atoms with van der Waals surface area (Å²) in [5, 5.41) is 3.79. The number of ether oxygens (including phenoxy) is 1. The number of rotatable bonds is 5. The first-order valence-corrected chi connectivity index (χ1v) is 10.7. The highest BCUT2D eigenvalue weighted by Gasteiger charge is 2.19. The maximum absolute atomic E-state index is 14.3. The molecule has 4 rings (SSSR count). The Balaban J connectivity index is 1.75. The van der Waals surface area contributed by atoms with Crippen LogP contribution in [0.5, 0.6) is 11.5 Å². The molecule has 0 saturated heterocycles. The average Bonchev–Trinajstić information content (AvgIpc) is 2.71. The van der Waals surface area contributed by atoms with Crippen molar-refractivity contribution in [2.24, 2.45) is 0 Å². The van der Waals surface area contributed by atoms with Gasteiger partial charge in [-0.2, -0.15) is 0 Å². The van der Waals surface area contributed by atoms with Crippen molar-refractivity contribution in [3.05, 3.63) is 66.1 Å². The summed E-state index contributed by atoms with van der Waals surface area (Å²) >= 11 is 5.75. The van der Waals surface area contributed by atoms with Gasteiger partial charge in [-0.3, -0.25) is 0 Å². The molecule has 0 radical (unpaired) electrons. The molecular formula is C19H13ClFN5O3S. The number of fused-ring (bicyclic) bond motifs is 1. The second-order valence-corrected chi connectivity index (χ2v) is 8.56. The Labute approximate surface area is 175 Å². The van der Waals surface area contributed by atoms with Crippen molar-refractivity contribution in [2.75, 3.05) is 11.6 Å². The van der Waals surface area contributed by atoms with E-state index in [1.807, 2.05) is 0 Å². The molecule has 1 N–H and O–H groups in total. The first-order chi connectivity index (χ1) is 14.3. The predicted molar refractivity (Wildman–Crippen MR) is 109 cm³/mol. The summed E-state index contributed by atoms with van der Waals surface area (Å²) in [5.41, 5.74) is 0.582. The summed E-state index contributed by atoms with van der Waals surface area (Å²) < 4.78 is 43.9. The minimum atomic E-state index is -3.70. The molecule has 2 aromatic carbocycles. The SMILES string of the molecule is CS(=O)(=O)c1cccc(F)c1Oc1ccc2ncnc(Nc3cnc(Cl)cn3)c2c1. The zero-order valence-corrected chi connectivity index (χ0v) is 16.9. The van der Waals surface area contributed by atoms with Gasteiger partial charge < -0.3 is 10.1 Å². The van der Waals surface area contributed by atoms with Gasteiger partial charge in [0.1, 0.15) is 33.8 Å². The minimum absolute atomic E-state index is 0.206. The van der Waals surface area contributed by atoms with Gasteiger partial charge in [-0.1, -0.05) is 17.7 Å². The molecule has 0 aliphatic rings. The van der Waals surface area contributed by atoms with Crippen molar-refractivity contribution in [3.63, 3.8) is 0 Å². The molecule has 11 heteroatoms. The van der Waals surface area contributed by atoms with E-state index in [-0.39, 0.29) is 21.5 Å². The molecule has 0 aliphatic heterocycles. The average molecular weight is 446 g/mol. The predicted octanol–water partition coefficient (Wildman–Crippen LogP) is 4.15. The fourth-order valence-corrected chi connectivity index (χ4v) is 3.59. The number of sulfone groups is 1. The molecule has 0 bridgehead atoms. The molecule has 4 aromatic rings. The van der Waals surface area contributed by atoms with Gasteiger partial charge in [0.15, 0.2) is 21.4 Å². The van der Waals surface area contributed by atoms with Crippen molar-refractivity contribution < 1.29 is 17.5 Å². The van der Waals surface area contributed by atoms with E-state index in [1.54, 1.807) is 18.2 Å². The fourth-order valence-electron chi connectivity index (χ4n) is 2.69. The van der Waals surface area contributed by atoms with Crippen LogP contribution < -0.4 is 10.1 Å². The Bertz CT molecular complexity index is 1350. The summed E-state index contributed by atoms with van der Waals surface area (Å²) in [5.74, 6) is -0.165. The molecule has 0 unspecified atom stereocenters. The summed E-state index contributed by atoms with van der Waals surface area (Å²) in [4.78, 5) is 16.2. The summed E-state index contributed by atoms with van der Waals surface area (Å²) in [6.45, 7) is 0. The van der Waals surface area contributed by atoms with Gasteiger partial charge in [0.05, 0.1) is 17.9 Å². The molecular weight excluding hydrogens is 433 g/mol. The van der Waals surface area contributed by atoms with Crippen LogP contribution in [-0.4, -0.2) is 34.6 Å². The van der Waals surface area contributed by atoms with Gasteiger partial charge in [-0.15, -0.1) is 0 Å². The maximum Gasteiger partial charge on any atom is 0.181 e. The van der Waals surface area contributed by atoms with E-state index < -0.39 is 15.7 Å². The van der Waals surface area contributed by atoms with Crippen LogP contribution in [0.2, 0.25) is 5.15 Å². The van der Waals surface area contributed by atoms with Crippen LogP contribution in [0.3, 0.4) is 0 Å². The van der Waals surface area contributed by atoms with Gasteiger partial charge in [0.25, 0.3) is 0 Å². The van der Waals surface area contributed by atoms with Crippen LogP contribution in [-0.2, 0) is 9.84 Å². The Morgan fingerprint density at radius 1 is 1.07 bits per heavy atom. The van der Waals surface area contributed by atoms with E-state index in [4.69, 9.17) is 16.3 Å². The minimum Gasteiger partial charge on any atom is -0.453 e. The Morgan fingerprint density at radius 2 is 1.90 bits per heavy atom. The number of hydrogen-bond donors (Lipinski definition) is 1. The lowest BCUT2D eigenvalue weighted by Gasteiger charge is -2.12. The molecule has 0 saturated carbocycles. The molecule has 2 heterocycles. The summed E-state index contributed by atoms with van der Waals surface area (Å²) in [6.07, 6.45) is 5.17. The van der Waals surface area contributed by atoms with Crippen LogP contribution in [0.25, 0.3) is 10.9 Å². The van der Waals surface area contributed by atoms with Crippen molar-refractivity contribution in [1.82, 2.24) is 19.9 Å². The van der Waals surface area contributed by atoms with Crippen molar-refractivity contribution in [2.45, 2.75) is 4.90 Å². The van der Waals surface area contributed by atoms with E-state index in [9.17, 15) is 12.8 Å². The number of benzene rings is 2. The third-order valence-corrected chi connectivity index (χ3v) is 5.34.